The molecule has 0 saturated carbocycles. The lowest BCUT2D eigenvalue weighted by molar-refractivity contribution is -0.118. The largest absolute Gasteiger partial charge is 0.376 e. The lowest BCUT2D eigenvalue weighted by atomic mass is 10.1. The maximum Gasteiger partial charge on any atom is 0.287 e. The Kier molecular flexibility index (Phi) is 1.66. The maximum atomic E-state index is 10.9. The Morgan fingerprint density at radius 1 is 1.38 bits per heavy atom. The predicted molar refractivity (Wildman–Crippen MR) is 46.8 cm³/mol. The van der Waals surface area contributed by atoms with Crippen molar-refractivity contribution in [2.75, 3.05) is 0 Å². The average molecular weight is 176 g/mol. The summed E-state index contributed by atoms with van der Waals surface area (Å²) >= 11 is 0. The number of hydrogen-bond acceptors (Lipinski definition) is 3. The number of nitrogens with two attached hydrogens (primary N) is 1. The van der Waals surface area contributed by atoms with Gasteiger partial charge in [-0.3, -0.25) is 4.79 Å². The summed E-state index contributed by atoms with van der Waals surface area (Å²) in [5.41, 5.74) is 9.17. The molecule has 66 valence electrons. The van der Waals surface area contributed by atoms with E-state index in [0.717, 1.165) is 5.70 Å². The molecule has 0 radical (unpaired) electrons. The zero-order valence-corrected chi connectivity index (χ0v) is 6.78. The zero-order chi connectivity index (χ0) is 9.26. The number of nitrogens with one attached hydrogen (secondary N) is 1. The molecule has 1 heterocycles. The van der Waals surface area contributed by atoms with Crippen LogP contribution in [0.2, 0.25) is 0 Å². The summed E-state index contributed by atoms with van der Waals surface area (Å²) in [6.45, 7) is 0. The number of amides is 1. The topological polar surface area (TPSA) is 64.4 Å². The summed E-state index contributed by atoms with van der Waals surface area (Å²) in [6, 6.07) is 0. The van der Waals surface area contributed by atoms with Gasteiger partial charge in [-0.15, -0.1) is 0 Å². The summed E-state index contributed by atoms with van der Waals surface area (Å²) in [4.78, 5) is 15.8. The molecule has 0 spiro atoms. The number of carbonyl (C=O) groups excluding carboxylic acids is 1. The van der Waals surface area contributed by atoms with Crippen molar-refractivity contribution in [3.05, 3.63) is 47.4 Å². The molecular formula is C9H8N2O2. The third-order valence-electron chi connectivity index (χ3n) is 1.77. The molecule has 0 unspecified atom stereocenters. The van der Waals surface area contributed by atoms with E-state index in [2.05, 4.69) is 5.48 Å². The van der Waals surface area contributed by atoms with Crippen molar-refractivity contribution >= 4 is 5.91 Å². The van der Waals surface area contributed by atoms with Gasteiger partial charge >= 0.3 is 0 Å². The normalized spacial score (nSPS) is 18.6. The van der Waals surface area contributed by atoms with Crippen LogP contribution in [0.15, 0.2) is 47.4 Å². The van der Waals surface area contributed by atoms with Gasteiger partial charge in [-0.25, -0.2) is 5.48 Å². The smallest absolute Gasteiger partial charge is 0.287 e. The molecule has 0 saturated heterocycles. The van der Waals surface area contributed by atoms with Gasteiger partial charge in [0.1, 0.15) is 0 Å². The number of fused-ring (bicyclic) bond motifs is 1. The van der Waals surface area contributed by atoms with E-state index in [4.69, 9.17) is 10.6 Å². The highest BCUT2D eigenvalue weighted by Crippen LogP contribution is 2.23. The molecule has 1 amide bonds. The van der Waals surface area contributed by atoms with Crippen LogP contribution in [0.3, 0.4) is 0 Å². The molecule has 13 heavy (non-hydrogen) atoms. The van der Waals surface area contributed by atoms with Crippen LogP contribution < -0.4 is 11.2 Å². The molecule has 1 aliphatic heterocycles. The summed E-state index contributed by atoms with van der Waals surface area (Å²) in [6.07, 6.45) is 9.11. The quantitative estimate of drug-likeness (QED) is 0.602. The Morgan fingerprint density at radius 2 is 2.23 bits per heavy atom. The molecule has 0 bridgehead atoms. The molecule has 0 fully saturated rings. The van der Waals surface area contributed by atoms with Gasteiger partial charge in [0.15, 0.2) is 0 Å². The second kappa shape index (κ2) is 2.82. The standard InChI is InChI=1S/C9H8N2O2/c10-9(12)8-6-4-2-1-3-5-7(6)11-13-8/h1-5,11H,(H2,10,12). The maximum absolute atomic E-state index is 10.9. The molecule has 0 aromatic rings. The van der Waals surface area contributed by atoms with E-state index in [1.54, 1.807) is 6.08 Å². The number of hydroxylamine groups is 1. The molecule has 3 N–H and O–H groups in total. The lowest BCUT2D eigenvalue weighted by Crippen LogP contribution is -2.16. The third-order valence-corrected chi connectivity index (χ3v) is 1.77. The minimum absolute atomic E-state index is 0.159. The first kappa shape index (κ1) is 7.67. The molecular weight excluding hydrogens is 168 g/mol. The van der Waals surface area contributed by atoms with E-state index in [1.807, 2.05) is 24.3 Å². The average Bonchev–Trinajstić information content (AvgIpc) is 2.36. The Hall–Kier alpha value is -1.97. The van der Waals surface area contributed by atoms with Gasteiger partial charge < -0.3 is 10.6 Å². The Balaban J connectivity index is 2.49. The van der Waals surface area contributed by atoms with Crippen LogP contribution in [0.25, 0.3) is 0 Å². The van der Waals surface area contributed by atoms with E-state index in [1.165, 1.54) is 0 Å². The van der Waals surface area contributed by atoms with E-state index >= 15 is 0 Å². The lowest BCUT2D eigenvalue weighted by Gasteiger charge is -1.96. The van der Waals surface area contributed by atoms with E-state index in [-0.39, 0.29) is 5.76 Å². The van der Waals surface area contributed by atoms with Gasteiger partial charge in [-0.05, 0) is 12.2 Å². The predicted octanol–water partition coefficient (Wildman–Crippen LogP) is 0.271. The van der Waals surface area contributed by atoms with Crippen LogP contribution in [0, 0.1) is 0 Å². The molecule has 4 heteroatoms. The van der Waals surface area contributed by atoms with Gasteiger partial charge in [-0.2, -0.15) is 0 Å². The fourth-order valence-electron chi connectivity index (χ4n) is 1.18. The van der Waals surface area contributed by atoms with Crippen LogP contribution in [-0.4, -0.2) is 5.91 Å². The van der Waals surface area contributed by atoms with E-state index in [9.17, 15) is 4.79 Å². The monoisotopic (exact) mass is 176 g/mol. The van der Waals surface area contributed by atoms with Crippen molar-refractivity contribution in [1.29, 1.82) is 0 Å². The fourth-order valence-corrected chi connectivity index (χ4v) is 1.18. The molecule has 2 rings (SSSR count). The van der Waals surface area contributed by atoms with E-state index in [0.29, 0.717) is 5.57 Å². The van der Waals surface area contributed by atoms with Crippen molar-refractivity contribution < 1.29 is 9.63 Å². The molecule has 0 atom stereocenters. The molecule has 1 aliphatic carbocycles. The van der Waals surface area contributed by atoms with Gasteiger partial charge in [-0.1, -0.05) is 18.2 Å². The first-order valence-corrected chi connectivity index (χ1v) is 3.81. The van der Waals surface area contributed by atoms with Gasteiger partial charge in [0, 0.05) is 0 Å². The van der Waals surface area contributed by atoms with Crippen LogP contribution in [-0.2, 0) is 9.63 Å². The fraction of sp³-hybridized carbons (Fsp3) is 0. The Bertz CT molecular complexity index is 375. The minimum atomic E-state index is -0.572. The summed E-state index contributed by atoms with van der Waals surface area (Å²) in [5, 5.41) is 0. The number of carbonyl (C=O) groups is 1. The first-order valence-electron chi connectivity index (χ1n) is 3.81. The van der Waals surface area contributed by atoms with Crippen LogP contribution in [0.4, 0.5) is 0 Å². The molecule has 4 nitrogen and oxygen atoms in total. The highest BCUT2D eigenvalue weighted by atomic mass is 16.7. The van der Waals surface area contributed by atoms with Crippen molar-refractivity contribution in [1.82, 2.24) is 5.48 Å². The zero-order valence-electron chi connectivity index (χ0n) is 6.78. The van der Waals surface area contributed by atoms with Crippen molar-refractivity contribution in [2.45, 2.75) is 0 Å². The van der Waals surface area contributed by atoms with Crippen molar-refractivity contribution in [3.8, 4) is 0 Å². The molecule has 2 aliphatic rings. The van der Waals surface area contributed by atoms with Crippen LogP contribution in [0.1, 0.15) is 0 Å². The van der Waals surface area contributed by atoms with Gasteiger partial charge in [0.25, 0.3) is 5.91 Å². The first-order chi connectivity index (χ1) is 6.29. The van der Waals surface area contributed by atoms with Gasteiger partial charge in [0.2, 0.25) is 5.76 Å². The molecule has 0 aromatic carbocycles. The van der Waals surface area contributed by atoms with E-state index < -0.39 is 5.91 Å². The molecule has 0 aromatic heterocycles. The van der Waals surface area contributed by atoms with Crippen LogP contribution in [0.5, 0.6) is 0 Å². The summed E-state index contributed by atoms with van der Waals surface area (Å²) in [7, 11) is 0. The van der Waals surface area contributed by atoms with Crippen LogP contribution >= 0.6 is 0 Å². The second-order valence-electron chi connectivity index (χ2n) is 2.64. The van der Waals surface area contributed by atoms with Crippen molar-refractivity contribution in [2.24, 2.45) is 5.73 Å². The van der Waals surface area contributed by atoms with Gasteiger partial charge in [0.05, 0.1) is 11.3 Å². The number of hydrogen-bond donors (Lipinski definition) is 2. The summed E-state index contributed by atoms with van der Waals surface area (Å²) in [5.74, 6) is -0.413. The summed E-state index contributed by atoms with van der Waals surface area (Å²) < 4.78 is 0. The Labute approximate surface area is 75.0 Å². The number of primary amides is 1. The third kappa shape index (κ3) is 1.22. The highest BCUT2D eigenvalue weighted by molar-refractivity contribution is 5.92. The minimum Gasteiger partial charge on any atom is -0.376 e. The second-order valence-corrected chi connectivity index (χ2v) is 2.64. The Morgan fingerprint density at radius 3 is 3.00 bits per heavy atom. The van der Waals surface area contributed by atoms with Crippen molar-refractivity contribution in [3.63, 3.8) is 0 Å². The SMILES string of the molecule is NC(=O)C1=C2C=CC=CC=C2NO1. The number of rotatable bonds is 1. The highest BCUT2D eigenvalue weighted by Gasteiger charge is 2.23. The number of allylic oxidation sites excluding steroid dienone is 5.